The molecule has 2 aromatic carbocycles. The van der Waals surface area contributed by atoms with E-state index in [4.69, 9.17) is 9.84 Å². The number of amides is 1. The average Bonchev–Trinajstić information content (AvgIpc) is 2.50. The summed E-state index contributed by atoms with van der Waals surface area (Å²) in [6, 6.07) is 10.5. The lowest BCUT2D eigenvalue weighted by Crippen LogP contribution is -2.21. The van der Waals surface area contributed by atoms with Crippen molar-refractivity contribution >= 4 is 17.6 Å². The fourth-order valence-electron chi connectivity index (χ4n) is 2.20. The normalized spacial score (nSPS) is 10.2. The quantitative estimate of drug-likeness (QED) is 0.888. The van der Waals surface area contributed by atoms with Crippen LogP contribution in [0.2, 0.25) is 0 Å². The van der Waals surface area contributed by atoms with E-state index >= 15 is 0 Å². The van der Waals surface area contributed by atoms with E-state index < -0.39 is 5.97 Å². The molecule has 120 valence electrons. The molecule has 0 atom stereocenters. The number of nitrogens with one attached hydrogen (secondary N) is 1. The number of ether oxygens (including phenoxy) is 1. The van der Waals surface area contributed by atoms with Gasteiger partial charge in [-0.1, -0.05) is 18.2 Å². The van der Waals surface area contributed by atoms with Gasteiger partial charge in [0.1, 0.15) is 5.75 Å². The van der Waals surface area contributed by atoms with Crippen LogP contribution in [0.1, 0.15) is 27.0 Å². The second-order valence-electron chi connectivity index (χ2n) is 5.39. The SMILES string of the molecule is Cc1ccc(C)c(OCC(=O)Nc2cccc(C(=O)O)c2C)c1. The van der Waals surface area contributed by atoms with Crippen molar-refractivity contribution in [3.63, 3.8) is 0 Å². The number of carboxylic acids is 1. The Bertz CT molecular complexity index is 753. The monoisotopic (exact) mass is 313 g/mol. The largest absolute Gasteiger partial charge is 0.483 e. The summed E-state index contributed by atoms with van der Waals surface area (Å²) in [5.74, 6) is -0.696. The van der Waals surface area contributed by atoms with Gasteiger partial charge in [-0.15, -0.1) is 0 Å². The van der Waals surface area contributed by atoms with Gasteiger partial charge in [-0.3, -0.25) is 4.79 Å². The number of carbonyl (C=O) groups excluding carboxylic acids is 1. The molecule has 5 heteroatoms. The van der Waals surface area contributed by atoms with E-state index in [1.807, 2.05) is 32.0 Å². The Morgan fingerprint density at radius 1 is 1.13 bits per heavy atom. The number of hydrogen-bond donors (Lipinski definition) is 2. The topological polar surface area (TPSA) is 75.6 Å². The molecule has 0 bridgehead atoms. The number of benzene rings is 2. The van der Waals surface area contributed by atoms with Crippen LogP contribution in [0.25, 0.3) is 0 Å². The smallest absolute Gasteiger partial charge is 0.336 e. The van der Waals surface area contributed by atoms with Crippen molar-refractivity contribution in [3.05, 3.63) is 58.7 Å². The molecule has 1 amide bonds. The molecule has 2 aromatic rings. The number of hydrogen-bond acceptors (Lipinski definition) is 3. The van der Waals surface area contributed by atoms with Crippen LogP contribution in [0.4, 0.5) is 5.69 Å². The zero-order chi connectivity index (χ0) is 17.0. The minimum absolute atomic E-state index is 0.138. The van der Waals surface area contributed by atoms with Crippen LogP contribution in [-0.4, -0.2) is 23.6 Å². The van der Waals surface area contributed by atoms with Gasteiger partial charge in [0.2, 0.25) is 0 Å². The first kappa shape index (κ1) is 16.5. The highest BCUT2D eigenvalue weighted by Crippen LogP contribution is 2.20. The fourth-order valence-corrected chi connectivity index (χ4v) is 2.20. The summed E-state index contributed by atoms with van der Waals surface area (Å²) in [7, 11) is 0. The Labute approximate surface area is 134 Å². The number of carbonyl (C=O) groups is 2. The first-order valence-electron chi connectivity index (χ1n) is 7.21. The molecule has 0 aliphatic rings. The molecule has 0 radical (unpaired) electrons. The Hall–Kier alpha value is -2.82. The van der Waals surface area contributed by atoms with Gasteiger partial charge in [0.05, 0.1) is 5.56 Å². The van der Waals surface area contributed by atoms with Crippen molar-refractivity contribution in [2.45, 2.75) is 20.8 Å². The summed E-state index contributed by atoms with van der Waals surface area (Å²) in [5.41, 5.74) is 3.15. The Kier molecular flexibility index (Phi) is 5.01. The summed E-state index contributed by atoms with van der Waals surface area (Å²) >= 11 is 0. The molecule has 0 fully saturated rings. The lowest BCUT2D eigenvalue weighted by atomic mass is 10.1. The second kappa shape index (κ2) is 6.96. The summed E-state index contributed by atoms with van der Waals surface area (Å²) < 4.78 is 5.54. The van der Waals surface area contributed by atoms with E-state index in [-0.39, 0.29) is 18.1 Å². The molecule has 0 saturated carbocycles. The van der Waals surface area contributed by atoms with Gasteiger partial charge in [-0.2, -0.15) is 0 Å². The standard InChI is InChI=1S/C18H19NO4/c1-11-7-8-12(2)16(9-11)23-10-17(20)19-15-6-4-5-14(13(15)3)18(21)22/h4-9H,10H2,1-3H3,(H,19,20)(H,21,22). The number of carboxylic acid groups (broad SMARTS) is 1. The van der Waals surface area contributed by atoms with E-state index in [0.29, 0.717) is 17.0 Å². The summed E-state index contributed by atoms with van der Waals surface area (Å²) in [4.78, 5) is 23.1. The van der Waals surface area contributed by atoms with Crippen LogP contribution in [0.5, 0.6) is 5.75 Å². The minimum atomic E-state index is -1.02. The molecular weight excluding hydrogens is 294 g/mol. The van der Waals surface area contributed by atoms with Crippen molar-refractivity contribution in [1.82, 2.24) is 0 Å². The molecule has 2 N–H and O–H groups in total. The van der Waals surface area contributed by atoms with Crippen molar-refractivity contribution in [2.24, 2.45) is 0 Å². The zero-order valence-corrected chi connectivity index (χ0v) is 13.3. The highest BCUT2D eigenvalue weighted by Gasteiger charge is 2.12. The van der Waals surface area contributed by atoms with E-state index in [2.05, 4.69) is 5.32 Å². The number of rotatable bonds is 5. The maximum Gasteiger partial charge on any atom is 0.336 e. The van der Waals surface area contributed by atoms with Gasteiger partial charge < -0.3 is 15.2 Å². The Balaban J connectivity index is 2.04. The lowest BCUT2D eigenvalue weighted by Gasteiger charge is -2.12. The summed E-state index contributed by atoms with van der Waals surface area (Å²) in [6.45, 7) is 5.38. The van der Waals surface area contributed by atoms with Crippen molar-refractivity contribution < 1.29 is 19.4 Å². The predicted octanol–water partition coefficient (Wildman–Crippen LogP) is 3.33. The number of aryl methyl sites for hydroxylation is 2. The summed E-state index contributed by atoms with van der Waals surface area (Å²) in [5, 5.41) is 11.8. The van der Waals surface area contributed by atoms with Crippen LogP contribution in [0, 0.1) is 20.8 Å². The van der Waals surface area contributed by atoms with Gasteiger partial charge >= 0.3 is 5.97 Å². The van der Waals surface area contributed by atoms with Crippen molar-refractivity contribution in [3.8, 4) is 5.75 Å². The third-order valence-corrected chi connectivity index (χ3v) is 3.54. The molecule has 2 rings (SSSR count). The molecule has 0 aromatic heterocycles. The van der Waals surface area contributed by atoms with Gasteiger partial charge in [-0.25, -0.2) is 4.79 Å². The van der Waals surface area contributed by atoms with Gasteiger partial charge in [0.15, 0.2) is 6.61 Å². The third-order valence-electron chi connectivity index (χ3n) is 3.54. The van der Waals surface area contributed by atoms with E-state index in [1.54, 1.807) is 19.1 Å². The first-order valence-corrected chi connectivity index (χ1v) is 7.21. The molecule has 23 heavy (non-hydrogen) atoms. The van der Waals surface area contributed by atoms with Crippen LogP contribution in [0.3, 0.4) is 0 Å². The average molecular weight is 313 g/mol. The van der Waals surface area contributed by atoms with Gasteiger partial charge in [0, 0.05) is 5.69 Å². The molecule has 0 heterocycles. The van der Waals surface area contributed by atoms with Gasteiger partial charge in [-0.05, 0) is 55.7 Å². The molecule has 0 unspecified atom stereocenters. The number of anilines is 1. The summed E-state index contributed by atoms with van der Waals surface area (Å²) in [6.07, 6.45) is 0. The highest BCUT2D eigenvalue weighted by molar-refractivity contribution is 5.96. The van der Waals surface area contributed by atoms with E-state index in [9.17, 15) is 9.59 Å². The van der Waals surface area contributed by atoms with Crippen LogP contribution < -0.4 is 10.1 Å². The molecule has 0 aliphatic heterocycles. The molecular formula is C18H19NO4. The molecule has 0 spiro atoms. The zero-order valence-electron chi connectivity index (χ0n) is 13.3. The van der Waals surface area contributed by atoms with Crippen molar-refractivity contribution in [2.75, 3.05) is 11.9 Å². The molecule has 0 saturated heterocycles. The van der Waals surface area contributed by atoms with E-state index in [0.717, 1.165) is 11.1 Å². The maximum absolute atomic E-state index is 12.0. The maximum atomic E-state index is 12.0. The van der Waals surface area contributed by atoms with E-state index in [1.165, 1.54) is 6.07 Å². The Morgan fingerprint density at radius 3 is 2.57 bits per heavy atom. The van der Waals surface area contributed by atoms with Crippen LogP contribution in [0.15, 0.2) is 36.4 Å². The second-order valence-corrected chi connectivity index (χ2v) is 5.39. The van der Waals surface area contributed by atoms with Crippen LogP contribution >= 0.6 is 0 Å². The van der Waals surface area contributed by atoms with Crippen molar-refractivity contribution in [1.29, 1.82) is 0 Å². The van der Waals surface area contributed by atoms with Gasteiger partial charge in [0.25, 0.3) is 5.91 Å². The third kappa shape index (κ3) is 4.10. The number of aromatic carboxylic acids is 1. The predicted molar refractivity (Wildman–Crippen MR) is 88.2 cm³/mol. The van der Waals surface area contributed by atoms with Crippen LogP contribution in [-0.2, 0) is 4.79 Å². The molecule has 0 aliphatic carbocycles. The minimum Gasteiger partial charge on any atom is -0.483 e. The molecule has 5 nitrogen and oxygen atoms in total. The fraction of sp³-hybridized carbons (Fsp3) is 0.222. The Morgan fingerprint density at radius 2 is 1.87 bits per heavy atom. The highest BCUT2D eigenvalue weighted by atomic mass is 16.5. The lowest BCUT2D eigenvalue weighted by molar-refractivity contribution is -0.118. The first-order chi connectivity index (χ1) is 10.9.